The predicted molar refractivity (Wildman–Crippen MR) is 81.4 cm³/mol. The number of hydrogen-bond acceptors (Lipinski definition) is 5. The lowest BCUT2D eigenvalue weighted by molar-refractivity contribution is 0.331. The number of pyridine rings is 1. The van der Waals surface area contributed by atoms with Crippen LogP contribution in [0.4, 0.5) is 0 Å². The van der Waals surface area contributed by atoms with E-state index in [2.05, 4.69) is 57.1 Å². The van der Waals surface area contributed by atoms with Gasteiger partial charge in [-0.3, -0.25) is 4.98 Å². The van der Waals surface area contributed by atoms with Crippen molar-refractivity contribution < 1.29 is 4.52 Å². The van der Waals surface area contributed by atoms with E-state index in [1.165, 1.54) is 0 Å². The molecule has 5 nitrogen and oxygen atoms in total. The molecule has 1 N–H and O–H groups in total. The molecule has 0 bridgehead atoms. The highest BCUT2D eigenvalue weighted by atomic mass is 79.9. The standard InChI is InChI=1S/C14H19BrN4O/c1-4-7-16-10(3)9(2)14-18-13(19-20-14)12-11(15)6-5-8-17-12/h5-6,8-10,16H,4,7H2,1-3H3. The quantitative estimate of drug-likeness (QED) is 0.874. The van der Waals surface area contributed by atoms with E-state index in [1.54, 1.807) is 6.20 Å². The van der Waals surface area contributed by atoms with Crippen molar-refractivity contribution in [3.63, 3.8) is 0 Å². The molecule has 0 saturated heterocycles. The zero-order chi connectivity index (χ0) is 14.5. The largest absolute Gasteiger partial charge is 0.339 e. The molecule has 0 radical (unpaired) electrons. The van der Waals surface area contributed by atoms with Gasteiger partial charge in [0.2, 0.25) is 11.7 Å². The van der Waals surface area contributed by atoms with Crippen molar-refractivity contribution in [2.75, 3.05) is 6.54 Å². The monoisotopic (exact) mass is 338 g/mol. The zero-order valence-corrected chi connectivity index (χ0v) is 13.5. The van der Waals surface area contributed by atoms with E-state index in [1.807, 2.05) is 12.1 Å². The van der Waals surface area contributed by atoms with Crippen LogP contribution in [0.3, 0.4) is 0 Å². The van der Waals surface area contributed by atoms with E-state index >= 15 is 0 Å². The number of nitrogens with one attached hydrogen (secondary N) is 1. The topological polar surface area (TPSA) is 63.8 Å². The van der Waals surface area contributed by atoms with E-state index in [4.69, 9.17) is 4.52 Å². The first-order valence-corrected chi connectivity index (χ1v) is 7.60. The second-order valence-electron chi connectivity index (χ2n) is 4.82. The second kappa shape index (κ2) is 6.95. The van der Waals surface area contributed by atoms with Crippen molar-refractivity contribution >= 4 is 15.9 Å². The van der Waals surface area contributed by atoms with Gasteiger partial charge < -0.3 is 9.84 Å². The summed E-state index contributed by atoms with van der Waals surface area (Å²) in [5, 5.41) is 7.46. The van der Waals surface area contributed by atoms with Crippen molar-refractivity contribution in [1.82, 2.24) is 20.4 Å². The van der Waals surface area contributed by atoms with Crippen LogP contribution in [-0.2, 0) is 0 Å². The van der Waals surface area contributed by atoms with Gasteiger partial charge in [-0.25, -0.2) is 0 Å². The lowest BCUT2D eigenvalue weighted by Gasteiger charge is -2.17. The Morgan fingerprint density at radius 1 is 1.40 bits per heavy atom. The predicted octanol–water partition coefficient (Wildman–Crippen LogP) is 3.39. The molecule has 0 spiro atoms. The molecular formula is C14H19BrN4O. The molecule has 0 aliphatic carbocycles. The minimum absolute atomic E-state index is 0.158. The number of hydrogen-bond donors (Lipinski definition) is 1. The van der Waals surface area contributed by atoms with Gasteiger partial charge in [0, 0.05) is 16.7 Å². The van der Waals surface area contributed by atoms with Crippen molar-refractivity contribution in [3.05, 3.63) is 28.7 Å². The fourth-order valence-electron chi connectivity index (χ4n) is 1.83. The van der Waals surface area contributed by atoms with Crippen LogP contribution < -0.4 is 5.32 Å². The molecule has 2 unspecified atom stereocenters. The summed E-state index contributed by atoms with van der Waals surface area (Å²) >= 11 is 3.45. The highest BCUT2D eigenvalue weighted by molar-refractivity contribution is 9.10. The Labute approximate surface area is 127 Å². The molecule has 20 heavy (non-hydrogen) atoms. The molecular weight excluding hydrogens is 320 g/mol. The summed E-state index contributed by atoms with van der Waals surface area (Å²) in [5.41, 5.74) is 0.698. The molecule has 2 aromatic rings. The summed E-state index contributed by atoms with van der Waals surface area (Å²) in [4.78, 5) is 8.73. The van der Waals surface area contributed by atoms with Crippen LogP contribution in [0.25, 0.3) is 11.5 Å². The van der Waals surface area contributed by atoms with Crippen molar-refractivity contribution in [1.29, 1.82) is 0 Å². The van der Waals surface area contributed by atoms with E-state index in [0.717, 1.165) is 17.4 Å². The van der Waals surface area contributed by atoms with Crippen LogP contribution >= 0.6 is 15.9 Å². The Morgan fingerprint density at radius 2 is 2.20 bits per heavy atom. The first-order chi connectivity index (χ1) is 9.63. The number of halogens is 1. The average molecular weight is 339 g/mol. The average Bonchev–Trinajstić information content (AvgIpc) is 2.94. The fraction of sp³-hybridized carbons (Fsp3) is 0.500. The van der Waals surface area contributed by atoms with Crippen LogP contribution in [0, 0.1) is 0 Å². The molecule has 0 aliphatic rings. The molecule has 0 fully saturated rings. The Balaban J connectivity index is 2.15. The third-order valence-corrected chi connectivity index (χ3v) is 3.91. The summed E-state index contributed by atoms with van der Waals surface area (Å²) in [6.07, 6.45) is 2.82. The van der Waals surface area contributed by atoms with Gasteiger partial charge in [0.05, 0.1) is 5.92 Å². The number of nitrogens with zero attached hydrogens (tertiary/aromatic N) is 3. The Hall–Kier alpha value is -1.27. The number of aromatic nitrogens is 3. The fourth-order valence-corrected chi connectivity index (χ4v) is 2.26. The van der Waals surface area contributed by atoms with Crippen molar-refractivity contribution in [2.24, 2.45) is 0 Å². The minimum Gasteiger partial charge on any atom is -0.339 e. The molecule has 6 heteroatoms. The first-order valence-electron chi connectivity index (χ1n) is 6.81. The molecule has 2 atom stereocenters. The van der Waals surface area contributed by atoms with Gasteiger partial charge in [0.15, 0.2) is 0 Å². The highest BCUT2D eigenvalue weighted by Gasteiger charge is 2.21. The first kappa shape index (κ1) is 15.1. The second-order valence-corrected chi connectivity index (χ2v) is 5.68. The van der Waals surface area contributed by atoms with Crippen molar-refractivity contribution in [2.45, 2.75) is 39.2 Å². The maximum atomic E-state index is 5.38. The zero-order valence-electron chi connectivity index (χ0n) is 11.9. The van der Waals surface area contributed by atoms with E-state index in [0.29, 0.717) is 17.4 Å². The Morgan fingerprint density at radius 3 is 2.90 bits per heavy atom. The Bertz CT molecular complexity index is 558. The van der Waals surface area contributed by atoms with Crippen LogP contribution in [0.15, 0.2) is 27.3 Å². The van der Waals surface area contributed by atoms with Gasteiger partial charge in [-0.1, -0.05) is 19.0 Å². The van der Waals surface area contributed by atoms with Gasteiger partial charge in [-0.05, 0) is 48.0 Å². The third kappa shape index (κ3) is 3.43. The molecule has 2 heterocycles. The SMILES string of the molecule is CCCNC(C)C(C)c1nc(-c2ncccc2Br)no1. The minimum atomic E-state index is 0.158. The lowest BCUT2D eigenvalue weighted by atomic mass is 10.0. The molecule has 0 aromatic carbocycles. The van der Waals surface area contributed by atoms with Crippen LogP contribution in [0.2, 0.25) is 0 Å². The van der Waals surface area contributed by atoms with Gasteiger partial charge in [-0.15, -0.1) is 0 Å². The van der Waals surface area contributed by atoms with Gasteiger partial charge in [0.25, 0.3) is 0 Å². The molecule has 2 rings (SSSR count). The molecule has 0 saturated carbocycles. The van der Waals surface area contributed by atoms with Gasteiger partial charge >= 0.3 is 0 Å². The lowest BCUT2D eigenvalue weighted by Crippen LogP contribution is -2.31. The maximum absolute atomic E-state index is 5.38. The summed E-state index contributed by atoms with van der Waals surface area (Å²) in [6.45, 7) is 7.34. The number of rotatable bonds is 6. The van der Waals surface area contributed by atoms with Gasteiger partial charge in [-0.2, -0.15) is 4.98 Å². The molecule has 108 valence electrons. The molecule has 0 aliphatic heterocycles. The van der Waals surface area contributed by atoms with E-state index in [-0.39, 0.29) is 12.0 Å². The maximum Gasteiger partial charge on any atom is 0.231 e. The summed E-state index contributed by atoms with van der Waals surface area (Å²) in [6, 6.07) is 4.05. The summed E-state index contributed by atoms with van der Waals surface area (Å²) < 4.78 is 6.23. The van der Waals surface area contributed by atoms with Crippen LogP contribution in [-0.4, -0.2) is 27.7 Å². The van der Waals surface area contributed by atoms with Crippen LogP contribution in [0.5, 0.6) is 0 Å². The normalized spacial score (nSPS) is 14.2. The van der Waals surface area contributed by atoms with Crippen molar-refractivity contribution in [3.8, 4) is 11.5 Å². The molecule has 0 amide bonds. The Kier molecular flexibility index (Phi) is 5.25. The smallest absolute Gasteiger partial charge is 0.231 e. The molecule has 2 aromatic heterocycles. The summed E-state index contributed by atoms with van der Waals surface area (Å²) in [5.74, 6) is 1.31. The highest BCUT2D eigenvalue weighted by Crippen LogP contribution is 2.25. The van der Waals surface area contributed by atoms with E-state index in [9.17, 15) is 0 Å². The van der Waals surface area contributed by atoms with Gasteiger partial charge in [0.1, 0.15) is 5.69 Å². The van der Waals surface area contributed by atoms with E-state index < -0.39 is 0 Å². The summed E-state index contributed by atoms with van der Waals surface area (Å²) in [7, 11) is 0. The van der Waals surface area contributed by atoms with Crippen LogP contribution in [0.1, 0.15) is 39.0 Å². The third-order valence-electron chi connectivity index (χ3n) is 3.27.